The van der Waals surface area contributed by atoms with Gasteiger partial charge in [-0.05, 0) is 25.1 Å². The molecular formula is C14H18N2O2. The number of likely N-dealkylation sites (N-methyl/N-ethyl adjacent to an activating group) is 1. The van der Waals surface area contributed by atoms with Gasteiger partial charge in [0.05, 0.1) is 17.5 Å². The van der Waals surface area contributed by atoms with E-state index in [1.807, 2.05) is 60.4 Å². The molecule has 0 N–H and O–H groups in total. The first-order chi connectivity index (χ1) is 8.69. The van der Waals surface area contributed by atoms with Crippen LogP contribution in [0.15, 0.2) is 42.1 Å². The summed E-state index contributed by atoms with van der Waals surface area (Å²) in [6, 6.07) is 9.58. The number of benzene rings is 1. The first-order valence-corrected chi connectivity index (χ1v) is 5.96. The first kappa shape index (κ1) is 12.6. The van der Waals surface area contributed by atoms with Crippen molar-refractivity contribution in [1.29, 1.82) is 0 Å². The molecule has 96 valence electrons. The number of aldehydes is 1. The molecule has 1 heterocycles. The number of ether oxygens (including phenoxy) is 1. The van der Waals surface area contributed by atoms with Gasteiger partial charge in [-0.1, -0.05) is 18.2 Å². The summed E-state index contributed by atoms with van der Waals surface area (Å²) in [7, 11) is 3.61. The van der Waals surface area contributed by atoms with Gasteiger partial charge in [-0.3, -0.25) is 10.0 Å². The maximum atomic E-state index is 11.2. The van der Waals surface area contributed by atoms with Crippen LogP contribution in [0.4, 0.5) is 5.69 Å². The zero-order valence-electron chi connectivity index (χ0n) is 10.9. The van der Waals surface area contributed by atoms with Crippen molar-refractivity contribution in [3.05, 3.63) is 42.1 Å². The van der Waals surface area contributed by atoms with Crippen molar-refractivity contribution in [3.63, 3.8) is 0 Å². The number of nitrogens with zero attached hydrogens (tertiary/aromatic N) is 2. The van der Waals surface area contributed by atoms with Crippen molar-refractivity contribution in [3.8, 4) is 0 Å². The van der Waals surface area contributed by atoms with Gasteiger partial charge in [-0.25, -0.2) is 0 Å². The fourth-order valence-corrected chi connectivity index (χ4v) is 2.22. The van der Waals surface area contributed by atoms with Crippen LogP contribution in [0, 0.1) is 0 Å². The van der Waals surface area contributed by atoms with E-state index < -0.39 is 0 Å². The summed E-state index contributed by atoms with van der Waals surface area (Å²) < 4.78 is 5.33. The van der Waals surface area contributed by atoms with E-state index in [2.05, 4.69) is 0 Å². The molecule has 2 unspecified atom stereocenters. The largest absolute Gasteiger partial charge is 0.375 e. The fraction of sp³-hybridized carbons (Fsp3) is 0.357. The highest BCUT2D eigenvalue weighted by Gasteiger charge is 2.31. The number of hydrogen-bond donors (Lipinski definition) is 0. The third kappa shape index (κ3) is 2.11. The number of methoxy groups -OCH3 is 1. The number of anilines is 1. The molecule has 0 radical (unpaired) electrons. The van der Waals surface area contributed by atoms with Crippen LogP contribution in [0.1, 0.15) is 6.92 Å². The Hall–Kier alpha value is -1.81. The average Bonchev–Trinajstić information content (AvgIpc) is 2.75. The normalized spacial score (nSPS) is 20.8. The molecule has 1 aliphatic rings. The van der Waals surface area contributed by atoms with Crippen LogP contribution < -0.4 is 5.01 Å². The number of hydrazine groups is 1. The van der Waals surface area contributed by atoms with Crippen molar-refractivity contribution < 1.29 is 9.53 Å². The summed E-state index contributed by atoms with van der Waals surface area (Å²) in [6.45, 7) is 1.97. The van der Waals surface area contributed by atoms with Gasteiger partial charge in [0.2, 0.25) is 0 Å². The summed E-state index contributed by atoms with van der Waals surface area (Å²) >= 11 is 0. The molecule has 0 spiro atoms. The monoisotopic (exact) mass is 246 g/mol. The van der Waals surface area contributed by atoms with Gasteiger partial charge in [0, 0.05) is 14.2 Å². The van der Waals surface area contributed by atoms with Crippen molar-refractivity contribution in [2.24, 2.45) is 0 Å². The second kappa shape index (κ2) is 5.23. The van der Waals surface area contributed by atoms with Crippen LogP contribution in [0.25, 0.3) is 0 Å². The molecule has 0 saturated carbocycles. The van der Waals surface area contributed by atoms with Gasteiger partial charge < -0.3 is 9.53 Å². The van der Waals surface area contributed by atoms with E-state index in [0.717, 1.165) is 17.7 Å². The quantitative estimate of drug-likeness (QED) is 0.759. The SMILES string of the molecule is COC(C)C1=CC(C=O)N(c2ccccc2)N1C. The first-order valence-electron chi connectivity index (χ1n) is 5.96. The molecule has 1 aliphatic heterocycles. The molecule has 4 heteroatoms. The van der Waals surface area contributed by atoms with Gasteiger partial charge in [-0.2, -0.15) is 0 Å². The van der Waals surface area contributed by atoms with Gasteiger partial charge >= 0.3 is 0 Å². The van der Waals surface area contributed by atoms with Crippen LogP contribution in [-0.2, 0) is 9.53 Å². The van der Waals surface area contributed by atoms with Crippen molar-refractivity contribution >= 4 is 12.0 Å². The molecule has 0 saturated heterocycles. The number of carbonyl (C=O) groups is 1. The second-order valence-electron chi connectivity index (χ2n) is 4.30. The molecule has 1 aromatic carbocycles. The minimum Gasteiger partial charge on any atom is -0.375 e. The second-order valence-corrected chi connectivity index (χ2v) is 4.30. The predicted molar refractivity (Wildman–Crippen MR) is 71.1 cm³/mol. The third-order valence-electron chi connectivity index (χ3n) is 3.25. The zero-order valence-corrected chi connectivity index (χ0v) is 10.9. The Kier molecular flexibility index (Phi) is 3.67. The van der Waals surface area contributed by atoms with Crippen LogP contribution >= 0.6 is 0 Å². The molecule has 2 rings (SSSR count). The lowest BCUT2D eigenvalue weighted by atomic mass is 10.2. The Morgan fingerprint density at radius 2 is 2.00 bits per heavy atom. The van der Waals surface area contributed by atoms with Gasteiger partial charge in [0.25, 0.3) is 0 Å². The van der Waals surface area contributed by atoms with Crippen LogP contribution in [-0.4, -0.2) is 37.6 Å². The topological polar surface area (TPSA) is 32.8 Å². The van der Waals surface area contributed by atoms with Crippen molar-refractivity contribution in [1.82, 2.24) is 5.01 Å². The zero-order chi connectivity index (χ0) is 13.1. The fourth-order valence-electron chi connectivity index (χ4n) is 2.22. The molecule has 4 nitrogen and oxygen atoms in total. The Bertz CT molecular complexity index is 444. The average molecular weight is 246 g/mol. The highest BCUT2D eigenvalue weighted by atomic mass is 16.5. The standard InChI is InChI=1S/C14H18N2O2/c1-11(18-3)14-9-13(10-17)16(15(14)2)12-7-5-4-6-8-12/h4-11,13H,1-3H3. The summed E-state index contributed by atoms with van der Waals surface area (Å²) in [5.74, 6) is 0. The highest BCUT2D eigenvalue weighted by Crippen LogP contribution is 2.29. The van der Waals surface area contributed by atoms with E-state index in [9.17, 15) is 4.79 Å². The predicted octanol–water partition coefficient (Wildman–Crippen LogP) is 1.84. The summed E-state index contributed by atoms with van der Waals surface area (Å²) in [6.07, 6.45) is 2.85. The van der Waals surface area contributed by atoms with Crippen LogP contribution in [0.2, 0.25) is 0 Å². The van der Waals surface area contributed by atoms with Gasteiger partial charge in [-0.15, -0.1) is 0 Å². The number of para-hydroxylation sites is 1. The van der Waals surface area contributed by atoms with Gasteiger partial charge in [0.15, 0.2) is 0 Å². The molecule has 18 heavy (non-hydrogen) atoms. The van der Waals surface area contributed by atoms with E-state index >= 15 is 0 Å². The lowest BCUT2D eigenvalue weighted by Crippen LogP contribution is -2.42. The van der Waals surface area contributed by atoms with Gasteiger partial charge in [0.1, 0.15) is 12.3 Å². The molecule has 0 amide bonds. The number of carbonyl (C=O) groups excluding carboxylic acids is 1. The summed E-state index contributed by atoms with van der Waals surface area (Å²) in [4.78, 5) is 11.2. The lowest BCUT2D eigenvalue weighted by molar-refractivity contribution is -0.108. The lowest BCUT2D eigenvalue weighted by Gasteiger charge is -2.34. The number of hydrogen-bond acceptors (Lipinski definition) is 4. The van der Waals surface area contributed by atoms with E-state index in [1.54, 1.807) is 7.11 Å². The van der Waals surface area contributed by atoms with Crippen LogP contribution in [0.5, 0.6) is 0 Å². The third-order valence-corrected chi connectivity index (χ3v) is 3.25. The Labute approximate surface area is 107 Å². The van der Waals surface area contributed by atoms with E-state index in [-0.39, 0.29) is 12.1 Å². The number of rotatable bonds is 4. The van der Waals surface area contributed by atoms with Crippen LogP contribution in [0.3, 0.4) is 0 Å². The molecular weight excluding hydrogens is 228 g/mol. The summed E-state index contributed by atoms with van der Waals surface area (Å²) in [5, 5.41) is 3.93. The minimum atomic E-state index is -0.273. The molecule has 0 aliphatic carbocycles. The summed E-state index contributed by atoms with van der Waals surface area (Å²) in [5.41, 5.74) is 1.99. The maximum Gasteiger partial charge on any atom is 0.148 e. The Balaban J connectivity index is 2.31. The smallest absolute Gasteiger partial charge is 0.148 e. The van der Waals surface area contributed by atoms with Crippen molar-refractivity contribution in [2.75, 3.05) is 19.2 Å². The van der Waals surface area contributed by atoms with E-state index in [1.165, 1.54) is 0 Å². The van der Waals surface area contributed by atoms with Crippen molar-refractivity contribution in [2.45, 2.75) is 19.1 Å². The molecule has 0 bridgehead atoms. The Morgan fingerprint density at radius 3 is 2.56 bits per heavy atom. The maximum absolute atomic E-state index is 11.2. The minimum absolute atomic E-state index is 0.0360. The molecule has 1 aromatic rings. The molecule has 2 atom stereocenters. The van der Waals surface area contributed by atoms with E-state index in [4.69, 9.17) is 4.74 Å². The van der Waals surface area contributed by atoms with E-state index in [0.29, 0.717) is 0 Å². The molecule has 0 aromatic heterocycles. The Morgan fingerprint density at radius 1 is 1.33 bits per heavy atom. The molecule has 0 fully saturated rings. The highest BCUT2D eigenvalue weighted by molar-refractivity contribution is 5.71.